The van der Waals surface area contributed by atoms with Gasteiger partial charge in [0.15, 0.2) is 4.47 Å². The number of carbonyl (C=O) groups excluding carboxylic acids is 1. The van der Waals surface area contributed by atoms with Gasteiger partial charge in [0.2, 0.25) is 5.91 Å². The van der Waals surface area contributed by atoms with Crippen LogP contribution in [0.25, 0.3) is 0 Å². The molecule has 0 saturated carbocycles. The lowest BCUT2D eigenvalue weighted by Crippen LogP contribution is -2.07. The summed E-state index contributed by atoms with van der Waals surface area (Å²) in [6.07, 6.45) is 1.76. The molecule has 0 atom stereocenters. The van der Waals surface area contributed by atoms with E-state index in [-0.39, 0.29) is 5.91 Å². The molecule has 0 radical (unpaired) electrons. The van der Waals surface area contributed by atoms with Crippen molar-refractivity contribution >= 4 is 40.2 Å². The van der Waals surface area contributed by atoms with E-state index >= 15 is 0 Å². The van der Waals surface area contributed by atoms with Gasteiger partial charge in [-0.15, -0.1) is 11.3 Å². The van der Waals surface area contributed by atoms with Crippen molar-refractivity contribution in [1.29, 1.82) is 0 Å². The molecule has 4 nitrogen and oxygen atoms in total. The van der Waals surface area contributed by atoms with E-state index in [9.17, 15) is 4.79 Å². The van der Waals surface area contributed by atoms with Crippen LogP contribution in [0.2, 0.25) is 4.47 Å². The zero-order valence-corrected chi connectivity index (χ0v) is 12.2. The summed E-state index contributed by atoms with van der Waals surface area (Å²) < 4.78 is 0.542. The first-order valence-electron chi connectivity index (χ1n) is 5.77. The summed E-state index contributed by atoms with van der Waals surface area (Å²) in [6, 6.07) is 5.76. The van der Waals surface area contributed by atoms with Gasteiger partial charge in [0.25, 0.3) is 0 Å². The molecule has 19 heavy (non-hydrogen) atoms. The second kappa shape index (κ2) is 6.04. The van der Waals surface area contributed by atoms with E-state index in [0.717, 1.165) is 21.8 Å². The minimum Gasteiger partial charge on any atom is -0.380 e. The van der Waals surface area contributed by atoms with Gasteiger partial charge in [0, 0.05) is 29.4 Å². The molecule has 0 saturated heterocycles. The molecular formula is C13H14ClN3OS. The Kier molecular flexibility index (Phi) is 4.39. The van der Waals surface area contributed by atoms with Crippen molar-refractivity contribution in [2.75, 3.05) is 10.6 Å². The van der Waals surface area contributed by atoms with Crippen LogP contribution in [0.15, 0.2) is 24.4 Å². The number of halogens is 1. The molecule has 1 heterocycles. The highest BCUT2D eigenvalue weighted by molar-refractivity contribution is 7.15. The molecule has 2 aromatic rings. The monoisotopic (exact) mass is 295 g/mol. The zero-order chi connectivity index (χ0) is 13.8. The van der Waals surface area contributed by atoms with E-state index in [0.29, 0.717) is 11.0 Å². The molecule has 2 N–H and O–H groups in total. The molecular weight excluding hydrogens is 282 g/mol. The largest absolute Gasteiger partial charge is 0.380 e. The number of anilines is 2. The van der Waals surface area contributed by atoms with E-state index in [1.807, 2.05) is 25.1 Å². The first kappa shape index (κ1) is 13.8. The molecule has 100 valence electrons. The Morgan fingerprint density at radius 3 is 2.89 bits per heavy atom. The minimum atomic E-state index is -0.0796. The van der Waals surface area contributed by atoms with Crippen LogP contribution < -0.4 is 10.6 Å². The number of thiazole rings is 1. The normalized spacial score (nSPS) is 10.3. The van der Waals surface area contributed by atoms with E-state index in [2.05, 4.69) is 15.6 Å². The van der Waals surface area contributed by atoms with Crippen molar-refractivity contribution in [2.45, 2.75) is 20.4 Å². The minimum absolute atomic E-state index is 0.0796. The fourth-order valence-electron chi connectivity index (χ4n) is 1.64. The number of benzene rings is 1. The van der Waals surface area contributed by atoms with Crippen LogP contribution in [-0.4, -0.2) is 10.9 Å². The highest BCUT2D eigenvalue weighted by Crippen LogP contribution is 2.23. The van der Waals surface area contributed by atoms with Crippen LogP contribution in [0.3, 0.4) is 0 Å². The number of carbonyl (C=O) groups is 1. The molecule has 0 unspecified atom stereocenters. The van der Waals surface area contributed by atoms with Crippen LogP contribution in [0.5, 0.6) is 0 Å². The van der Waals surface area contributed by atoms with E-state index in [4.69, 9.17) is 11.6 Å². The first-order chi connectivity index (χ1) is 9.04. The van der Waals surface area contributed by atoms with Crippen LogP contribution in [0, 0.1) is 6.92 Å². The van der Waals surface area contributed by atoms with Crippen LogP contribution in [-0.2, 0) is 11.3 Å². The van der Waals surface area contributed by atoms with Crippen molar-refractivity contribution in [3.05, 3.63) is 39.3 Å². The van der Waals surface area contributed by atoms with Gasteiger partial charge in [-0.2, -0.15) is 0 Å². The summed E-state index contributed by atoms with van der Waals surface area (Å²) in [5, 5.41) is 6.08. The number of amides is 1. The lowest BCUT2D eigenvalue weighted by molar-refractivity contribution is -0.114. The maximum atomic E-state index is 11.0. The number of rotatable bonds is 4. The smallest absolute Gasteiger partial charge is 0.221 e. The quantitative estimate of drug-likeness (QED) is 0.905. The highest BCUT2D eigenvalue weighted by atomic mass is 35.5. The maximum absolute atomic E-state index is 11.0. The van der Waals surface area contributed by atoms with Gasteiger partial charge >= 0.3 is 0 Å². The third-order valence-electron chi connectivity index (χ3n) is 2.54. The topological polar surface area (TPSA) is 54.0 Å². The summed E-state index contributed by atoms with van der Waals surface area (Å²) in [7, 11) is 0. The lowest BCUT2D eigenvalue weighted by Gasteiger charge is -2.11. The summed E-state index contributed by atoms with van der Waals surface area (Å²) in [5.41, 5.74) is 2.88. The molecule has 0 fully saturated rings. The van der Waals surface area contributed by atoms with Crippen LogP contribution >= 0.6 is 22.9 Å². The average Bonchev–Trinajstić information content (AvgIpc) is 2.75. The number of aryl methyl sites for hydroxylation is 1. The molecule has 0 aliphatic rings. The number of hydrogen-bond acceptors (Lipinski definition) is 4. The fourth-order valence-corrected chi connectivity index (χ4v) is 2.56. The number of hydrogen-bond donors (Lipinski definition) is 2. The zero-order valence-electron chi connectivity index (χ0n) is 10.7. The van der Waals surface area contributed by atoms with Crippen molar-refractivity contribution in [2.24, 2.45) is 0 Å². The molecule has 0 bridgehead atoms. The average molecular weight is 296 g/mol. The van der Waals surface area contributed by atoms with E-state index < -0.39 is 0 Å². The number of aromatic nitrogens is 1. The number of nitrogens with zero attached hydrogens (tertiary/aromatic N) is 1. The van der Waals surface area contributed by atoms with Crippen molar-refractivity contribution in [3.63, 3.8) is 0 Å². The summed E-state index contributed by atoms with van der Waals surface area (Å²) in [5.74, 6) is -0.0796. The Morgan fingerprint density at radius 2 is 2.26 bits per heavy atom. The summed E-state index contributed by atoms with van der Waals surface area (Å²) in [4.78, 5) is 16.1. The van der Waals surface area contributed by atoms with Gasteiger partial charge in [-0.1, -0.05) is 17.7 Å². The Morgan fingerprint density at radius 1 is 1.47 bits per heavy atom. The van der Waals surface area contributed by atoms with Crippen molar-refractivity contribution in [3.8, 4) is 0 Å². The van der Waals surface area contributed by atoms with Gasteiger partial charge in [-0.25, -0.2) is 4.98 Å². The van der Waals surface area contributed by atoms with Gasteiger partial charge < -0.3 is 10.6 Å². The van der Waals surface area contributed by atoms with E-state index in [1.165, 1.54) is 18.3 Å². The molecule has 1 aromatic carbocycles. The molecule has 1 amide bonds. The number of nitrogens with one attached hydrogen (secondary N) is 2. The Balaban J connectivity index is 2.08. The van der Waals surface area contributed by atoms with Gasteiger partial charge in [0.1, 0.15) is 0 Å². The molecule has 0 aliphatic heterocycles. The predicted molar refractivity (Wildman–Crippen MR) is 79.9 cm³/mol. The summed E-state index contributed by atoms with van der Waals surface area (Å²) in [6.45, 7) is 4.17. The van der Waals surface area contributed by atoms with Gasteiger partial charge in [-0.05, 0) is 24.6 Å². The second-order valence-corrected chi connectivity index (χ2v) is 5.84. The molecule has 6 heteroatoms. The SMILES string of the molecule is CC(=O)Nc1ccc(C)c(NCc2cnc(Cl)s2)c1. The van der Waals surface area contributed by atoms with Crippen molar-refractivity contribution in [1.82, 2.24) is 4.98 Å². The second-order valence-electron chi connectivity index (χ2n) is 4.14. The standard InChI is InChI=1S/C13H14ClN3OS/c1-8-3-4-10(17-9(2)18)5-12(8)15-6-11-7-16-13(14)19-11/h3-5,7,15H,6H2,1-2H3,(H,17,18). The third-order valence-corrected chi connectivity index (χ3v) is 3.65. The lowest BCUT2D eigenvalue weighted by atomic mass is 10.1. The molecule has 2 rings (SSSR count). The van der Waals surface area contributed by atoms with Crippen LogP contribution in [0.4, 0.5) is 11.4 Å². The first-order valence-corrected chi connectivity index (χ1v) is 6.96. The molecule has 0 aliphatic carbocycles. The van der Waals surface area contributed by atoms with Gasteiger partial charge in [-0.3, -0.25) is 4.79 Å². The Labute approximate surface area is 120 Å². The summed E-state index contributed by atoms with van der Waals surface area (Å²) >= 11 is 7.24. The highest BCUT2D eigenvalue weighted by Gasteiger charge is 2.03. The fraction of sp³-hybridized carbons (Fsp3) is 0.231. The Bertz CT molecular complexity index is 597. The van der Waals surface area contributed by atoms with E-state index in [1.54, 1.807) is 6.20 Å². The van der Waals surface area contributed by atoms with Crippen molar-refractivity contribution < 1.29 is 4.79 Å². The third kappa shape index (κ3) is 3.94. The maximum Gasteiger partial charge on any atom is 0.221 e. The molecule has 0 spiro atoms. The predicted octanol–water partition coefficient (Wildman–Crippen LogP) is 3.68. The van der Waals surface area contributed by atoms with Gasteiger partial charge in [0.05, 0.1) is 6.54 Å². The van der Waals surface area contributed by atoms with Crippen LogP contribution in [0.1, 0.15) is 17.4 Å². The molecule has 1 aromatic heterocycles. The Hall–Kier alpha value is -1.59.